The number of rotatable bonds is 11. The number of ether oxygens (including phenoxy) is 1. The number of likely N-dealkylation sites (N-methyl/N-ethyl adjacent to an activating group) is 1. The first-order valence-corrected chi connectivity index (χ1v) is 22.6. The Labute approximate surface area is 384 Å². The first kappa shape index (κ1) is 43.7. The number of aromatic amines is 2. The zero-order valence-electron chi connectivity index (χ0n) is 37.1. The summed E-state index contributed by atoms with van der Waals surface area (Å²) in [5.74, 6) is 7.50. The highest BCUT2D eigenvalue weighted by Gasteiger charge is 2.39. The summed E-state index contributed by atoms with van der Waals surface area (Å²) in [6, 6.07) is 32.2. The predicted octanol–water partition coefficient (Wildman–Crippen LogP) is 7.24. The monoisotopic (exact) mass is 883 g/mol. The molecule has 66 heavy (non-hydrogen) atoms. The average molecular weight is 884 g/mol. The molecule has 14 heteroatoms. The fourth-order valence-electron chi connectivity index (χ4n) is 9.40. The molecule has 9 rings (SSSR count). The molecule has 2 aromatic heterocycles. The van der Waals surface area contributed by atoms with Crippen LogP contribution in [-0.4, -0.2) is 98.3 Å². The van der Waals surface area contributed by atoms with Crippen molar-refractivity contribution in [2.75, 3.05) is 33.8 Å². The molecule has 5 heterocycles. The maximum Gasteiger partial charge on any atom is 0.407 e. The van der Waals surface area contributed by atoms with E-state index in [9.17, 15) is 19.2 Å². The number of imidazole rings is 2. The average Bonchev–Trinajstić information content (AvgIpc) is 4.23. The molecule has 0 bridgehead atoms. The van der Waals surface area contributed by atoms with E-state index < -0.39 is 18.2 Å². The summed E-state index contributed by atoms with van der Waals surface area (Å²) < 4.78 is 4.83. The summed E-state index contributed by atoms with van der Waals surface area (Å²) in [5, 5.41) is 5.82. The number of benzene rings is 4. The number of carbonyl (C=O) groups excluding carboxylic acids is 4. The number of aromatic nitrogens is 4. The topological polar surface area (TPSA) is 169 Å². The van der Waals surface area contributed by atoms with E-state index in [0.717, 1.165) is 90.1 Å². The molecule has 3 saturated heterocycles. The Kier molecular flexibility index (Phi) is 13.1. The van der Waals surface area contributed by atoms with Crippen molar-refractivity contribution in [3.8, 4) is 34.4 Å². The van der Waals surface area contributed by atoms with Crippen LogP contribution in [0.5, 0.6) is 0 Å². The standard InChI is InChI=1S/C52H53N9O5/c1-59-29-9-18-44(59)49(62)57-45(38-12-5-3-6-13-38)50(63)60-30-10-16-42(60)47-53-32-40(55-47)36-25-21-34(22-26-36)19-20-35-23-27-37(28-24-35)41-33-54-48(56-41)43-17-11-31-61(43)51(64)46(58-52(65)66-2)39-14-7-4-8-15-39/h3-8,12-15,21-28,32-33,42-46H,9-11,16-18,29-31H2,1-2H3,(H,53,55)(H,54,56)(H,57,62)(H,58,65)/t42-,43-,44+,45+,46+/m0/s1. The minimum absolute atomic E-state index is 0.116. The number of nitrogens with zero attached hydrogens (tertiary/aromatic N) is 5. The summed E-state index contributed by atoms with van der Waals surface area (Å²) in [6.07, 6.45) is 7.83. The van der Waals surface area contributed by atoms with E-state index in [4.69, 9.17) is 9.72 Å². The third-order valence-corrected chi connectivity index (χ3v) is 13.0. The summed E-state index contributed by atoms with van der Waals surface area (Å²) in [4.78, 5) is 75.9. The van der Waals surface area contributed by atoms with Crippen molar-refractivity contribution in [2.24, 2.45) is 0 Å². The van der Waals surface area contributed by atoms with Gasteiger partial charge in [0.05, 0.1) is 49.0 Å². The SMILES string of the molecule is COC(=O)N[C@@H](C(=O)N1CCC[C@H]1c1ncc(-c2ccc(C#Cc3ccc(-c4cnc([C@@H]5CCCN5C(=O)[C@H](NC(=O)[C@H]5CCCN5C)c5ccccc5)[nH]4)cc3)cc2)[nH]1)c1ccccc1. The molecular weight excluding hydrogens is 831 g/mol. The molecule has 4 amide bonds. The number of H-pyrrole nitrogens is 2. The van der Waals surface area contributed by atoms with Crippen LogP contribution in [-0.2, 0) is 19.1 Å². The van der Waals surface area contributed by atoms with Gasteiger partial charge in [0.15, 0.2) is 0 Å². The van der Waals surface area contributed by atoms with Crippen molar-refractivity contribution in [3.63, 3.8) is 0 Å². The molecule has 0 unspecified atom stereocenters. The first-order chi connectivity index (χ1) is 32.2. The van der Waals surface area contributed by atoms with Crippen LogP contribution in [0.15, 0.2) is 122 Å². The van der Waals surface area contributed by atoms with Crippen LogP contribution in [0.25, 0.3) is 22.5 Å². The van der Waals surface area contributed by atoms with E-state index in [1.54, 1.807) is 11.1 Å². The van der Waals surface area contributed by atoms with Gasteiger partial charge in [-0.2, -0.15) is 0 Å². The number of hydrogen-bond acceptors (Lipinski definition) is 8. The molecule has 336 valence electrons. The molecule has 0 radical (unpaired) electrons. The molecule has 0 saturated carbocycles. The molecule has 5 atom stereocenters. The van der Waals surface area contributed by atoms with Gasteiger partial charge in [-0.3, -0.25) is 19.3 Å². The maximum atomic E-state index is 14.3. The van der Waals surface area contributed by atoms with Crippen LogP contribution < -0.4 is 10.6 Å². The number of likely N-dealkylation sites (tertiary alicyclic amines) is 3. The second kappa shape index (κ2) is 19.7. The Balaban J connectivity index is 0.831. The number of methoxy groups -OCH3 is 1. The Morgan fingerprint density at radius 2 is 1.08 bits per heavy atom. The van der Waals surface area contributed by atoms with Gasteiger partial charge in [-0.15, -0.1) is 0 Å². The molecule has 6 aromatic rings. The molecule has 3 aliphatic rings. The first-order valence-electron chi connectivity index (χ1n) is 22.6. The zero-order valence-corrected chi connectivity index (χ0v) is 37.1. The Bertz CT molecular complexity index is 2730. The lowest BCUT2D eigenvalue weighted by atomic mass is 10.0. The normalized spacial score (nSPS) is 19.2. The van der Waals surface area contributed by atoms with Gasteiger partial charge in [-0.05, 0) is 98.6 Å². The van der Waals surface area contributed by atoms with Gasteiger partial charge in [0.25, 0.3) is 5.91 Å². The third kappa shape index (κ3) is 9.48. The quantitative estimate of drug-likeness (QED) is 0.0988. The maximum absolute atomic E-state index is 14.3. The second-order valence-corrected chi connectivity index (χ2v) is 17.1. The lowest BCUT2D eigenvalue weighted by molar-refractivity contribution is -0.138. The lowest BCUT2D eigenvalue weighted by Gasteiger charge is -2.30. The van der Waals surface area contributed by atoms with Crippen molar-refractivity contribution in [1.29, 1.82) is 0 Å². The van der Waals surface area contributed by atoms with E-state index in [-0.39, 0.29) is 35.8 Å². The molecule has 3 fully saturated rings. The fourth-order valence-corrected chi connectivity index (χ4v) is 9.40. The highest BCUT2D eigenvalue weighted by atomic mass is 16.5. The molecular formula is C52H53N9O5. The van der Waals surface area contributed by atoms with Gasteiger partial charge in [0.1, 0.15) is 23.7 Å². The van der Waals surface area contributed by atoms with Gasteiger partial charge < -0.3 is 35.1 Å². The Hall–Kier alpha value is -7.50. The number of alkyl carbamates (subject to hydrolysis) is 1. The third-order valence-electron chi connectivity index (χ3n) is 13.0. The minimum atomic E-state index is -0.885. The molecule has 0 spiro atoms. The van der Waals surface area contributed by atoms with Gasteiger partial charge in [-0.1, -0.05) is 96.8 Å². The van der Waals surface area contributed by atoms with Crippen LogP contribution in [0, 0.1) is 11.8 Å². The van der Waals surface area contributed by atoms with Crippen LogP contribution in [0.1, 0.15) is 96.6 Å². The number of carbonyl (C=O) groups is 4. The van der Waals surface area contributed by atoms with Crippen LogP contribution in [0.3, 0.4) is 0 Å². The summed E-state index contributed by atoms with van der Waals surface area (Å²) in [6.45, 7) is 2.00. The number of amides is 4. The largest absolute Gasteiger partial charge is 0.453 e. The fraction of sp³-hybridized carbons (Fsp3) is 0.308. The van der Waals surface area contributed by atoms with E-state index in [0.29, 0.717) is 24.5 Å². The van der Waals surface area contributed by atoms with E-state index >= 15 is 0 Å². The van der Waals surface area contributed by atoms with Crippen molar-refractivity contribution in [1.82, 2.24) is 45.3 Å². The molecule has 4 N–H and O–H groups in total. The smallest absolute Gasteiger partial charge is 0.407 e. The van der Waals surface area contributed by atoms with Crippen LogP contribution in [0.4, 0.5) is 4.79 Å². The second-order valence-electron chi connectivity index (χ2n) is 17.1. The Morgan fingerprint density at radius 3 is 1.52 bits per heavy atom. The summed E-state index contributed by atoms with van der Waals surface area (Å²) in [7, 11) is 3.24. The highest BCUT2D eigenvalue weighted by molar-refractivity contribution is 5.91. The minimum Gasteiger partial charge on any atom is -0.453 e. The number of nitrogens with one attached hydrogen (secondary N) is 4. The van der Waals surface area contributed by atoms with Crippen molar-refractivity contribution < 1.29 is 23.9 Å². The molecule has 14 nitrogen and oxygen atoms in total. The lowest BCUT2D eigenvalue weighted by Crippen LogP contribution is -2.48. The molecule has 0 aliphatic carbocycles. The van der Waals surface area contributed by atoms with Crippen molar-refractivity contribution in [3.05, 3.63) is 155 Å². The van der Waals surface area contributed by atoms with E-state index in [1.807, 2.05) is 127 Å². The van der Waals surface area contributed by atoms with Crippen LogP contribution >= 0.6 is 0 Å². The van der Waals surface area contributed by atoms with E-state index in [1.165, 1.54) is 7.11 Å². The summed E-state index contributed by atoms with van der Waals surface area (Å²) >= 11 is 0. The van der Waals surface area contributed by atoms with Gasteiger partial charge in [0, 0.05) is 24.2 Å². The Morgan fingerprint density at radius 1 is 0.621 bits per heavy atom. The van der Waals surface area contributed by atoms with Gasteiger partial charge >= 0.3 is 6.09 Å². The molecule has 4 aromatic carbocycles. The van der Waals surface area contributed by atoms with E-state index in [2.05, 4.69) is 42.3 Å². The highest BCUT2D eigenvalue weighted by Crippen LogP contribution is 2.36. The van der Waals surface area contributed by atoms with Gasteiger partial charge in [-0.25, -0.2) is 14.8 Å². The van der Waals surface area contributed by atoms with Crippen molar-refractivity contribution >= 4 is 23.8 Å². The number of hydrogen-bond donors (Lipinski definition) is 4. The van der Waals surface area contributed by atoms with Crippen LogP contribution in [0.2, 0.25) is 0 Å². The zero-order chi connectivity index (χ0) is 45.6. The van der Waals surface area contributed by atoms with Gasteiger partial charge in [0.2, 0.25) is 11.8 Å². The summed E-state index contributed by atoms with van der Waals surface area (Å²) in [5.41, 5.74) is 6.72. The molecule has 3 aliphatic heterocycles. The predicted molar refractivity (Wildman–Crippen MR) is 249 cm³/mol. The van der Waals surface area contributed by atoms with Crippen molar-refractivity contribution in [2.45, 2.75) is 68.7 Å².